The van der Waals surface area contributed by atoms with Gasteiger partial charge in [-0.2, -0.15) is 26.3 Å². The maximum absolute atomic E-state index is 12.8. The summed E-state index contributed by atoms with van der Waals surface area (Å²) in [5.74, 6) is 0. The Morgan fingerprint density at radius 1 is 0.667 bits per heavy atom. The van der Waals surface area contributed by atoms with Crippen LogP contribution < -0.4 is 5.73 Å². The average molecular weight is 305 g/mol. The van der Waals surface area contributed by atoms with Gasteiger partial charge in [-0.1, -0.05) is 18.2 Å². The molecular formula is C14H9F6N. The number of hydrogen-bond acceptors (Lipinski definition) is 1. The predicted molar refractivity (Wildman–Crippen MR) is 66.3 cm³/mol. The average Bonchev–Trinajstić information content (AvgIpc) is 2.36. The van der Waals surface area contributed by atoms with Gasteiger partial charge in [-0.15, -0.1) is 0 Å². The predicted octanol–water partition coefficient (Wildman–Crippen LogP) is 4.97. The third kappa shape index (κ3) is 3.29. The molecule has 112 valence electrons. The molecule has 0 saturated carbocycles. The van der Waals surface area contributed by atoms with Gasteiger partial charge in [0.2, 0.25) is 0 Å². The van der Waals surface area contributed by atoms with Gasteiger partial charge >= 0.3 is 12.4 Å². The quantitative estimate of drug-likeness (QED) is 0.584. The van der Waals surface area contributed by atoms with Crippen molar-refractivity contribution in [2.75, 3.05) is 5.73 Å². The molecular weight excluding hydrogens is 296 g/mol. The van der Waals surface area contributed by atoms with E-state index in [1.54, 1.807) is 0 Å². The molecule has 2 aromatic rings. The fourth-order valence-corrected chi connectivity index (χ4v) is 1.92. The molecule has 0 radical (unpaired) electrons. The van der Waals surface area contributed by atoms with Crippen molar-refractivity contribution >= 4 is 5.69 Å². The van der Waals surface area contributed by atoms with Crippen molar-refractivity contribution in [3.05, 3.63) is 53.6 Å². The number of benzene rings is 2. The fourth-order valence-electron chi connectivity index (χ4n) is 1.92. The first-order chi connectivity index (χ1) is 9.59. The van der Waals surface area contributed by atoms with Crippen LogP contribution in [0.4, 0.5) is 32.0 Å². The molecule has 0 aliphatic carbocycles. The van der Waals surface area contributed by atoms with Crippen molar-refractivity contribution in [1.82, 2.24) is 0 Å². The van der Waals surface area contributed by atoms with E-state index in [0.717, 1.165) is 6.07 Å². The molecule has 0 amide bonds. The Morgan fingerprint density at radius 2 is 1.24 bits per heavy atom. The summed E-state index contributed by atoms with van der Waals surface area (Å²) in [5, 5.41) is 0. The van der Waals surface area contributed by atoms with E-state index in [4.69, 9.17) is 5.73 Å². The van der Waals surface area contributed by atoms with Crippen molar-refractivity contribution in [3.8, 4) is 11.1 Å². The van der Waals surface area contributed by atoms with Crippen LogP contribution in [0.25, 0.3) is 11.1 Å². The lowest BCUT2D eigenvalue weighted by molar-refractivity contribution is -0.162. The second-order valence-electron chi connectivity index (χ2n) is 4.38. The van der Waals surface area contributed by atoms with Crippen LogP contribution in [0.5, 0.6) is 0 Å². The Balaban J connectivity index is 2.63. The van der Waals surface area contributed by atoms with Gasteiger partial charge in [-0.3, -0.25) is 0 Å². The van der Waals surface area contributed by atoms with Gasteiger partial charge < -0.3 is 5.73 Å². The first-order valence-corrected chi connectivity index (χ1v) is 5.73. The monoisotopic (exact) mass is 305 g/mol. The van der Waals surface area contributed by atoms with Gasteiger partial charge in [-0.25, -0.2) is 0 Å². The third-order valence-corrected chi connectivity index (χ3v) is 2.85. The number of nitrogen functional groups attached to an aromatic ring is 1. The zero-order chi connectivity index (χ0) is 15.8. The molecule has 0 fully saturated rings. The number of nitrogens with two attached hydrogens (primary N) is 1. The molecule has 0 aliphatic heterocycles. The molecule has 1 nitrogen and oxygen atoms in total. The largest absolute Gasteiger partial charge is 0.417 e. The van der Waals surface area contributed by atoms with Crippen LogP contribution in [-0.4, -0.2) is 0 Å². The van der Waals surface area contributed by atoms with E-state index in [1.807, 2.05) is 0 Å². The normalized spacial score (nSPS) is 12.5. The lowest BCUT2D eigenvalue weighted by Gasteiger charge is -2.16. The Bertz CT molecular complexity index is 657. The highest BCUT2D eigenvalue weighted by Crippen LogP contribution is 2.42. The molecule has 2 N–H and O–H groups in total. The first-order valence-electron chi connectivity index (χ1n) is 5.73. The third-order valence-electron chi connectivity index (χ3n) is 2.85. The summed E-state index contributed by atoms with van der Waals surface area (Å²) in [6.45, 7) is 0. The highest BCUT2D eigenvalue weighted by atomic mass is 19.4. The van der Waals surface area contributed by atoms with E-state index in [-0.39, 0.29) is 5.56 Å². The number of halogens is 6. The lowest BCUT2D eigenvalue weighted by atomic mass is 9.98. The summed E-state index contributed by atoms with van der Waals surface area (Å²) in [6, 6.07) is 7.81. The Morgan fingerprint density at radius 3 is 1.76 bits per heavy atom. The summed E-state index contributed by atoms with van der Waals surface area (Å²) in [6.07, 6.45) is -10.2. The number of rotatable bonds is 1. The standard InChI is InChI=1S/C14H9F6N/c15-13(16,17)11-5-4-9(7-12(11)14(18,19)20)8-2-1-3-10(21)6-8/h1-7H,21H2. The van der Waals surface area contributed by atoms with Crippen molar-refractivity contribution in [2.24, 2.45) is 0 Å². The van der Waals surface area contributed by atoms with Crippen LogP contribution in [-0.2, 0) is 12.4 Å². The molecule has 2 aromatic carbocycles. The topological polar surface area (TPSA) is 26.0 Å². The molecule has 2 rings (SSSR count). The van der Waals surface area contributed by atoms with Gasteiger partial charge in [0.15, 0.2) is 0 Å². The molecule has 0 saturated heterocycles. The fraction of sp³-hybridized carbons (Fsp3) is 0.143. The van der Waals surface area contributed by atoms with Gasteiger partial charge in [0.25, 0.3) is 0 Å². The minimum absolute atomic E-state index is 0.0163. The van der Waals surface area contributed by atoms with Crippen LogP contribution in [0.1, 0.15) is 11.1 Å². The minimum atomic E-state index is -5.10. The first kappa shape index (κ1) is 15.2. The molecule has 0 heterocycles. The van der Waals surface area contributed by atoms with E-state index < -0.39 is 23.5 Å². The highest BCUT2D eigenvalue weighted by Gasteiger charge is 2.43. The molecule has 0 bridgehead atoms. The van der Waals surface area contributed by atoms with Crippen LogP contribution in [0.2, 0.25) is 0 Å². The van der Waals surface area contributed by atoms with Crippen molar-refractivity contribution in [3.63, 3.8) is 0 Å². The van der Waals surface area contributed by atoms with E-state index >= 15 is 0 Å². The van der Waals surface area contributed by atoms with E-state index in [9.17, 15) is 26.3 Å². The van der Waals surface area contributed by atoms with Crippen molar-refractivity contribution in [1.29, 1.82) is 0 Å². The van der Waals surface area contributed by atoms with Crippen LogP contribution in [0.3, 0.4) is 0 Å². The minimum Gasteiger partial charge on any atom is -0.399 e. The zero-order valence-corrected chi connectivity index (χ0v) is 10.4. The molecule has 7 heteroatoms. The lowest BCUT2D eigenvalue weighted by Crippen LogP contribution is -2.16. The van der Waals surface area contributed by atoms with E-state index in [2.05, 4.69) is 0 Å². The van der Waals surface area contributed by atoms with Gasteiger partial charge in [0.1, 0.15) is 0 Å². The molecule has 0 atom stereocenters. The maximum atomic E-state index is 12.8. The Kier molecular flexibility index (Phi) is 3.61. The zero-order valence-electron chi connectivity index (χ0n) is 10.4. The second kappa shape index (κ2) is 4.98. The number of alkyl halides is 6. The Labute approximate surface area is 116 Å². The summed E-state index contributed by atoms with van der Waals surface area (Å²) in [5.41, 5.74) is 2.73. The van der Waals surface area contributed by atoms with Crippen LogP contribution in [0, 0.1) is 0 Å². The van der Waals surface area contributed by atoms with Crippen molar-refractivity contribution in [2.45, 2.75) is 12.4 Å². The van der Waals surface area contributed by atoms with Gasteiger partial charge in [0, 0.05) is 5.69 Å². The number of anilines is 1. The molecule has 0 aromatic heterocycles. The maximum Gasteiger partial charge on any atom is 0.417 e. The van der Waals surface area contributed by atoms with Crippen LogP contribution in [0.15, 0.2) is 42.5 Å². The van der Waals surface area contributed by atoms with Crippen LogP contribution >= 0.6 is 0 Å². The Hall–Kier alpha value is -2.18. The summed E-state index contributed by atoms with van der Waals surface area (Å²) >= 11 is 0. The SMILES string of the molecule is Nc1cccc(-c2ccc(C(F)(F)F)c(C(F)(F)F)c2)c1. The van der Waals surface area contributed by atoms with E-state index in [1.165, 1.54) is 24.3 Å². The second-order valence-corrected chi connectivity index (χ2v) is 4.38. The van der Waals surface area contributed by atoms with E-state index in [0.29, 0.717) is 23.4 Å². The number of hydrogen-bond donors (Lipinski definition) is 1. The summed E-state index contributed by atoms with van der Waals surface area (Å²) < 4.78 is 76.5. The molecule has 0 unspecified atom stereocenters. The van der Waals surface area contributed by atoms with Crippen molar-refractivity contribution < 1.29 is 26.3 Å². The summed E-state index contributed by atoms with van der Waals surface area (Å²) in [7, 11) is 0. The van der Waals surface area contributed by atoms with Gasteiger partial charge in [-0.05, 0) is 35.4 Å². The molecule has 0 aliphatic rings. The molecule has 0 spiro atoms. The highest BCUT2D eigenvalue weighted by molar-refractivity contribution is 5.68. The smallest absolute Gasteiger partial charge is 0.399 e. The van der Waals surface area contributed by atoms with Gasteiger partial charge in [0.05, 0.1) is 11.1 Å². The molecule has 21 heavy (non-hydrogen) atoms. The summed E-state index contributed by atoms with van der Waals surface area (Å²) in [4.78, 5) is 0.